The van der Waals surface area contributed by atoms with Crippen molar-refractivity contribution in [3.8, 4) is 44.9 Å². The third kappa shape index (κ3) is 4.91. The van der Waals surface area contributed by atoms with Gasteiger partial charge in [-0.25, -0.2) is 15.0 Å². The summed E-state index contributed by atoms with van der Waals surface area (Å²) >= 11 is 1.87. The van der Waals surface area contributed by atoms with Gasteiger partial charge in [0.15, 0.2) is 0 Å². The molecule has 0 saturated heterocycles. The minimum atomic E-state index is 0.920. The maximum atomic E-state index is 5.19. The highest BCUT2D eigenvalue weighted by Gasteiger charge is 2.17. The van der Waals surface area contributed by atoms with Crippen LogP contribution in [-0.2, 0) is 0 Å². The van der Waals surface area contributed by atoms with Crippen LogP contribution in [0.3, 0.4) is 0 Å². The topological polar surface area (TPSA) is 38.7 Å². The van der Waals surface area contributed by atoms with Crippen LogP contribution < -0.4 is 0 Å². The molecule has 4 heteroatoms. The zero-order valence-electron chi connectivity index (χ0n) is 28.5. The average Bonchev–Trinajstić information content (AvgIpc) is 3.62. The SMILES string of the molecule is c1ccc(-c2ccc3ccc4ccc(-c5ccc(-c6ccc7sc8c(ccc9c(-c%10ccccc%10)nc%10ccccc%10c98)c7c6)cc5)nc4c3n2)cc1. The first kappa shape index (κ1) is 29.9. The van der Waals surface area contributed by atoms with Gasteiger partial charge in [0.05, 0.1) is 33.6 Å². The largest absolute Gasteiger partial charge is 0.247 e. The van der Waals surface area contributed by atoms with Crippen LogP contribution in [0.25, 0.3) is 109 Å². The molecule has 0 amide bonds. The van der Waals surface area contributed by atoms with Gasteiger partial charge in [0.25, 0.3) is 0 Å². The first-order valence-corrected chi connectivity index (χ1v) is 18.7. The lowest BCUT2D eigenvalue weighted by molar-refractivity contribution is 1.36. The molecule has 4 aromatic heterocycles. The van der Waals surface area contributed by atoms with Crippen LogP contribution >= 0.6 is 11.3 Å². The Labute approximate surface area is 309 Å². The first-order chi connectivity index (χ1) is 26.2. The summed E-state index contributed by atoms with van der Waals surface area (Å²) < 4.78 is 2.59. The molecule has 0 unspecified atom stereocenters. The minimum absolute atomic E-state index is 0.920. The Kier molecular flexibility index (Phi) is 6.73. The van der Waals surface area contributed by atoms with Crippen molar-refractivity contribution in [2.24, 2.45) is 0 Å². The number of fused-ring (bicyclic) bond motifs is 10. The summed E-state index contributed by atoms with van der Waals surface area (Å²) in [5.74, 6) is 0. The fourth-order valence-electron chi connectivity index (χ4n) is 7.80. The number of benzene rings is 7. The fourth-order valence-corrected chi connectivity index (χ4v) is 9.04. The van der Waals surface area contributed by atoms with Crippen molar-refractivity contribution in [2.45, 2.75) is 0 Å². The van der Waals surface area contributed by atoms with E-state index in [1.54, 1.807) is 0 Å². The zero-order valence-corrected chi connectivity index (χ0v) is 29.3. The van der Waals surface area contributed by atoms with E-state index in [0.29, 0.717) is 0 Å². The van der Waals surface area contributed by atoms with Gasteiger partial charge in [-0.1, -0.05) is 146 Å². The molecule has 0 spiro atoms. The molecule has 0 aliphatic heterocycles. The molecule has 3 nitrogen and oxygen atoms in total. The molecule has 11 aromatic rings. The molecular formula is C49H29N3S. The van der Waals surface area contributed by atoms with Gasteiger partial charge in [-0.05, 0) is 41.5 Å². The summed E-state index contributed by atoms with van der Waals surface area (Å²) in [7, 11) is 0. The molecule has 246 valence electrons. The van der Waals surface area contributed by atoms with Gasteiger partial charge in [0, 0.05) is 63.8 Å². The number of hydrogen-bond donors (Lipinski definition) is 0. The van der Waals surface area contributed by atoms with Crippen molar-refractivity contribution in [3.05, 3.63) is 176 Å². The van der Waals surface area contributed by atoms with E-state index in [4.69, 9.17) is 15.0 Å². The maximum Gasteiger partial charge on any atom is 0.0972 e. The Morgan fingerprint density at radius 3 is 1.64 bits per heavy atom. The van der Waals surface area contributed by atoms with Crippen LogP contribution in [0.2, 0.25) is 0 Å². The van der Waals surface area contributed by atoms with Gasteiger partial charge in [-0.3, -0.25) is 0 Å². The monoisotopic (exact) mass is 691 g/mol. The second kappa shape index (κ2) is 11.9. The Morgan fingerprint density at radius 2 is 0.925 bits per heavy atom. The van der Waals surface area contributed by atoms with E-state index in [-0.39, 0.29) is 0 Å². The number of thiophene rings is 1. The third-order valence-corrected chi connectivity index (χ3v) is 11.7. The predicted molar refractivity (Wildman–Crippen MR) is 224 cm³/mol. The van der Waals surface area contributed by atoms with Gasteiger partial charge in [0.2, 0.25) is 0 Å². The van der Waals surface area contributed by atoms with E-state index >= 15 is 0 Å². The van der Waals surface area contributed by atoms with Crippen LogP contribution in [0.4, 0.5) is 0 Å². The Morgan fingerprint density at radius 1 is 0.358 bits per heavy atom. The standard InChI is InChI=1S/C49H29N3S/c1-3-9-31(10-4-1)41-26-21-34-19-20-35-22-27-42(51-48(35)47(34)50-41)32-17-15-30(16-18-32)36-23-28-44-40(29-36)37-24-25-39-45(49(37)53-44)38-13-7-8-14-43(38)52-46(39)33-11-5-2-6-12-33/h1-29H. The van der Waals surface area contributed by atoms with Gasteiger partial charge >= 0.3 is 0 Å². The van der Waals surface area contributed by atoms with Crippen molar-refractivity contribution in [2.75, 3.05) is 0 Å². The number of nitrogens with zero attached hydrogens (tertiary/aromatic N) is 3. The van der Waals surface area contributed by atoms with E-state index in [0.717, 1.165) is 61.1 Å². The molecule has 0 fully saturated rings. The summed E-state index contributed by atoms with van der Waals surface area (Å²) in [5.41, 5.74) is 11.5. The quantitative estimate of drug-likeness (QED) is 0.172. The lowest BCUT2D eigenvalue weighted by Gasteiger charge is -2.11. The number of para-hydroxylation sites is 1. The smallest absolute Gasteiger partial charge is 0.0972 e. The van der Waals surface area contributed by atoms with Crippen molar-refractivity contribution in [1.29, 1.82) is 0 Å². The molecule has 4 heterocycles. The van der Waals surface area contributed by atoms with Crippen LogP contribution in [0.5, 0.6) is 0 Å². The summed E-state index contributed by atoms with van der Waals surface area (Å²) in [5, 5.41) is 8.39. The molecule has 0 N–H and O–H groups in total. The third-order valence-electron chi connectivity index (χ3n) is 10.5. The molecule has 0 bridgehead atoms. The Hall–Kier alpha value is -6.75. The number of aromatic nitrogens is 3. The Balaban J connectivity index is 0.997. The highest BCUT2D eigenvalue weighted by molar-refractivity contribution is 7.26. The molecule has 53 heavy (non-hydrogen) atoms. The lowest BCUT2D eigenvalue weighted by atomic mass is 9.97. The molecule has 0 saturated carbocycles. The van der Waals surface area contributed by atoms with Crippen LogP contribution in [0.1, 0.15) is 0 Å². The summed E-state index contributed by atoms with van der Waals surface area (Å²) in [6, 6.07) is 62.4. The van der Waals surface area contributed by atoms with Gasteiger partial charge in [-0.2, -0.15) is 0 Å². The number of rotatable bonds is 4. The fraction of sp³-hybridized carbons (Fsp3) is 0. The zero-order chi connectivity index (χ0) is 34.9. The summed E-state index contributed by atoms with van der Waals surface area (Å²) in [4.78, 5) is 15.4. The lowest BCUT2D eigenvalue weighted by Crippen LogP contribution is -1.91. The van der Waals surface area contributed by atoms with Crippen LogP contribution in [-0.4, -0.2) is 15.0 Å². The van der Waals surface area contributed by atoms with Crippen LogP contribution in [0.15, 0.2) is 176 Å². The molecule has 7 aromatic carbocycles. The molecule has 0 aliphatic rings. The highest BCUT2D eigenvalue weighted by atomic mass is 32.1. The van der Waals surface area contributed by atoms with Crippen molar-refractivity contribution in [1.82, 2.24) is 15.0 Å². The van der Waals surface area contributed by atoms with E-state index in [1.807, 2.05) is 29.5 Å². The van der Waals surface area contributed by atoms with Crippen molar-refractivity contribution in [3.63, 3.8) is 0 Å². The summed E-state index contributed by atoms with van der Waals surface area (Å²) in [6.45, 7) is 0. The Bertz CT molecular complexity index is 3200. The second-order valence-electron chi connectivity index (χ2n) is 13.6. The van der Waals surface area contributed by atoms with E-state index in [9.17, 15) is 0 Å². The average molecular weight is 692 g/mol. The predicted octanol–water partition coefficient (Wildman–Crippen LogP) is 13.5. The van der Waals surface area contributed by atoms with Gasteiger partial charge in [0.1, 0.15) is 0 Å². The molecule has 11 rings (SSSR count). The molecule has 0 atom stereocenters. The van der Waals surface area contributed by atoms with Crippen molar-refractivity contribution < 1.29 is 0 Å². The highest BCUT2D eigenvalue weighted by Crippen LogP contribution is 2.44. The second-order valence-corrected chi connectivity index (χ2v) is 14.6. The first-order valence-electron chi connectivity index (χ1n) is 17.9. The van der Waals surface area contributed by atoms with E-state index in [1.165, 1.54) is 47.5 Å². The van der Waals surface area contributed by atoms with Gasteiger partial charge in [-0.15, -0.1) is 11.3 Å². The normalized spacial score (nSPS) is 11.8. The number of pyridine rings is 3. The van der Waals surface area contributed by atoms with Crippen LogP contribution in [0, 0.1) is 0 Å². The van der Waals surface area contributed by atoms with Crippen molar-refractivity contribution >= 4 is 75.0 Å². The molecular weight excluding hydrogens is 663 g/mol. The molecule has 0 aliphatic carbocycles. The summed E-state index contributed by atoms with van der Waals surface area (Å²) in [6.07, 6.45) is 0. The van der Waals surface area contributed by atoms with E-state index < -0.39 is 0 Å². The minimum Gasteiger partial charge on any atom is -0.247 e. The maximum absolute atomic E-state index is 5.19. The molecule has 0 radical (unpaired) electrons. The van der Waals surface area contributed by atoms with E-state index in [2.05, 4.69) is 158 Å². The van der Waals surface area contributed by atoms with Gasteiger partial charge < -0.3 is 0 Å². The number of hydrogen-bond acceptors (Lipinski definition) is 4.